The fraction of sp³-hybridized carbons (Fsp3) is 0.279. The summed E-state index contributed by atoms with van der Waals surface area (Å²) in [5.41, 5.74) is 6.69. The quantitative estimate of drug-likeness (QED) is 0.0694. The lowest BCUT2D eigenvalue weighted by molar-refractivity contribution is 0.0217. The van der Waals surface area contributed by atoms with Gasteiger partial charge < -0.3 is 20.8 Å². The molecule has 0 saturated heterocycles. The average molecular weight is 859 g/mol. The van der Waals surface area contributed by atoms with Crippen LogP contribution in [0.4, 0.5) is 0 Å². The summed E-state index contributed by atoms with van der Waals surface area (Å²) >= 11 is 0. The van der Waals surface area contributed by atoms with Gasteiger partial charge in [-0.15, -0.1) is 0 Å². The number of nitrogens with one attached hydrogen (secondary N) is 2. The molecule has 0 aromatic heterocycles. The molecule has 0 saturated carbocycles. The molecule has 0 aliphatic carbocycles. The van der Waals surface area contributed by atoms with Gasteiger partial charge in [-0.1, -0.05) is 231 Å². The van der Waals surface area contributed by atoms with E-state index in [2.05, 4.69) is 234 Å². The summed E-state index contributed by atoms with van der Waals surface area (Å²) in [4.78, 5) is 0. The third kappa shape index (κ3) is 9.32. The molecule has 0 bridgehead atoms. The van der Waals surface area contributed by atoms with Gasteiger partial charge in [-0.05, 0) is 101 Å². The van der Waals surface area contributed by atoms with Gasteiger partial charge in [-0.25, -0.2) is 0 Å². The summed E-state index contributed by atoms with van der Waals surface area (Å²) in [5, 5.41) is 40.6. The Hall–Kier alpha value is -5.88. The second-order valence-corrected chi connectivity index (χ2v) is 18.8. The van der Waals surface area contributed by atoms with Crippen molar-refractivity contribution in [1.29, 1.82) is 0 Å². The molecule has 8 aromatic carbocycles. The number of fused-ring (bicyclic) bond motifs is 2. The molecule has 0 aliphatic rings. The Morgan fingerprint density at radius 2 is 0.708 bits per heavy atom. The summed E-state index contributed by atoms with van der Waals surface area (Å²) in [6.07, 6.45) is 3.82. The van der Waals surface area contributed by atoms with Crippen LogP contribution in [0, 0.1) is 33.1 Å². The molecule has 4 heteroatoms. The molecule has 4 nitrogen and oxygen atoms in total. The SMILES string of the molecule is CCCC(CCC)(CN[C@@H](c1cccc2ccccc12)C(O)(c1cccc(C)c1)c1cccc(C)c1)CN[C@@H](c1cccc2ccccc12)C(O)(c1cccc(C)c1)c1cccc(C)c1. The zero-order chi connectivity index (χ0) is 45.6. The predicted octanol–water partition coefficient (Wildman–Crippen LogP) is 13.6. The molecule has 0 amide bonds. The van der Waals surface area contributed by atoms with Gasteiger partial charge in [0.05, 0.1) is 12.1 Å². The molecular weight excluding hydrogens is 793 g/mol. The summed E-state index contributed by atoms with van der Waals surface area (Å²) < 4.78 is 0. The first-order valence-corrected chi connectivity index (χ1v) is 23.6. The molecule has 0 unspecified atom stereocenters. The van der Waals surface area contributed by atoms with E-state index in [1.807, 2.05) is 0 Å². The van der Waals surface area contributed by atoms with Crippen LogP contribution >= 0.6 is 0 Å². The van der Waals surface area contributed by atoms with Crippen molar-refractivity contribution in [3.8, 4) is 0 Å². The van der Waals surface area contributed by atoms with E-state index in [9.17, 15) is 10.2 Å². The van der Waals surface area contributed by atoms with Crippen LogP contribution in [0.1, 0.15) is 107 Å². The molecule has 0 aliphatic heterocycles. The van der Waals surface area contributed by atoms with Crippen molar-refractivity contribution in [2.45, 2.75) is 90.5 Å². The Morgan fingerprint density at radius 1 is 0.400 bits per heavy atom. The van der Waals surface area contributed by atoms with Gasteiger partial charge in [-0.3, -0.25) is 0 Å². The zero-order valence-electron chi connectivity index (χ0n) is 39.1. The van der Waals surface area contributed by atoms with E-state index in [-0.39, 0.29) is 5.41 Å². The van der Waals surface area contributed by atoms with E-state index in [0.717, 1.165) is 103 Å². The highest BCUT2D eigenvalue weighted by atomic mass is 16.3. The minimum atomic E-state index is -1.44. The van der Waals surface area contributed by atoms with Crippen molar-refractivity contribution in [1.82, 2.24) is 10.6 Å². The van der Waals surface area contributed by atoms with Gasteiger partial charge in [0, 0.05) is 13.1 Å². The third-order valence-electron chi connectivity index (χ3n) is 13.9. The van der Waals surface area contributed by atoms with Crippen molar-refractivity contribution in [2.75, 3.05) is 13.1 Å². The fourth-order valence-electron chi connectivity index (χ4n) is 10.7. The molecule has 65 heavy (non-hydrogen) atoms. The number of aryl methyl sites for hydroxylation is 4. The molecule has 8 aromatic rings. The minimum absolute atomic E-state index is 0.282. The van der Waals surface area contributed by atoms with E-state index in [4.69, 9.17) is 0 Å². The predicted molar refractivity (Wildman–Crippen MR) is 272 cm³/mol. The second kappa shape index (κ2) is 19.7. The van der Waals surface area contributed by atoms with Crippen LogP contribution in [-0.4, -0.2) is 23.3 Å². The van der Waals surface area contributed by atoms with Crippen molar-refractivity contribution in [2.24, 2.45) is 5.41 Å². The van der Waals surface area contributed by atoms with Crippen LogP contribution in [0.15, 0.2) is 182 Å². The van der Waals surface area contributed by atoms with Gasteiger partial charge in [-0.2, -0.15) is 0 Å². The number of hydrogen-bond acceptors (Lipinski definition) is 4. The Bertz CT molecular complexity index is 2580. The summed E-state index contributed by atoms with van der Waals surface area (Å²) in [5.74, 6) is 0. The van der Waals surface area contributed by atoms with Crippen molar-refractivity contribution < 1.29 is 10.2 Å². The molecular formula is C61H66N2O2. The summed E-state index contributed by atoms with van der Waals surface area (Å²) in [6.45, 7) is 14.2. The molecule has 8 rings (SSSR count). The molecule has 0 spiro atoms. The maximum Gasteiger partial charge on any atom is 0.134 e. The van der Waals surface area contributed by atoms with E-state index in [0.29, 0.717) is 13.1 Å². The zero-order valence-corrected chi connectivity index (χ0v) is 39.1. The van der Waals surface area contributed by atoms with Gasteiger partial charge >= 0.3 is 0 Å². The number of benzene rings is 8. The van der Waals surface area contributed by atoms with E-state index < -0.39 is 23.3 Å². The Labute approximate surface area is 387 Å². The highest BCUT2D eigenvalue weighted by molar-refractivity contribution is 5.87. The van der Waals surface area contributed by atoms with Crippen LogP contribution in [0.5, 0.6) is 0 Å². The lowest BCUT2D eigenvalue weighted by atomic mass is 9.73. The lowest BCUT2D eigenvalue weighted by Gasteiger charge is -2.44. The Kier molecular flexibility index (Phi) is 13.8. The third-order valence-corrected chi connectivity index (χ3v) is 13.9. The Balaban J connectivity index is 1.29. The number of hydrogen-bond donors (Lipinski definition) is 4. The van der Waals surface area contributed by atoms with Gasteiger partial charge in [0.1, 0.15) is 11.2 Å². The normalized spacial score (nSPS) is 13.3. The van der Waals surface area contributed by atoms with Crippen molar-refractivity contribution in [3.63, 3.8) is 0 Å². The van der Waals surface area contributed by atoms with Crippen LogP contribution < -0.4 is 10.6 Å². The Morgan fingerprint density at radius 3 is 1.03 bits per heavy atom. The molecule has 0 radical (unpaired) electrons. The largest absolute Gasteiger partial charge is 0.378 e. The maximum atomic E-state index is 13.9. The highest BCUT2D eigenvalue weighted by Gasteiger charge is 2.46. The van der Waals surface area contributed by atoms with Gasteiger partial charge in [0.25, 0.3) is 0 Å². The fourth-order valence-corrected chi connectivity index (χ4v) is 10.7. The average Bonchev–Trinajstić information content (AvgIpc) is 3.31. The van der Waals surface area contributed by atoms with Crippen LogP contribution in [-0.2, 0) is 11.2 Å². The number of rotatable bonds is 18. The van der Waals surface area contributed by atoms with Gasteiger partial charge in [0.15, 0.2) is 0 Å². The monoisotopic (exact) mass is 859 g/mol. The van der Waals surface area contributed by atoms with Crippen LogP contribution in [0.2, 0.25) is 0 Å². The highest BCUT2D eigenvalue weighted by Crippen LogP contribution is 2.47. The number of aliphatic hydroxyl groups is 2. The second-order valence-electron chi connectivity index (χ2n) is 18.8. The minimum Gasteiger partial charge on any atom is -0.378 e. The first-order chi connectivity index (χ1) is 31.5. The van der Waals surface area contributed by atoms with E-state index in [1.165, 1.54) is 0 Å². The molecule has 0 heterocycles. The van der Waals surface area contributed by atoms with Crippen molar-refractivity contribution >= 4 is 21.5 Å². The maximum absolute atomic E-state index is 13.9. The van der Waals surface area contributed by atoms with Crippen molar-refractivity contribution in [3.05, 3.63) is 238 Å². The van der Waals surface area contributed by atoms with E-state index >= 15 is 0 Å². The van der Waals surface area contributed by atoms with Crippen LogP contribution in [0.3, 0.4) is 0 Å². The summed E-state index contributed by atoms with van der Waals surface area (Å²) in [6, 6.07) is 62.5. The molecule has 4 N–H and O–H groups in total. The first kappa shape index (κ1) is 45.7. The lowest BCUT2D eigenvalue weighted by Crippen LogP contribution is -2.51. The van der Waals surface area contributed by atoms with Crippen LogP contribution in [0.25, 0.3) is 21.5 Å². The molecule has 332 valence electrons. The molecule has 2 atom stereocenters. The smallest absolute Gasteiger partial charge is 0.134 e. The standard InChI is InChI=1S/C61H66N2O2/c1-7-35-59(36-8-2,41-62-57(55-33-17-25-47-23-9-11-31-53(47)55)60(64,49-27-13-19-43(3)37-49)50-28-14-20-44(4)38-50)42-63-58(56-34-18-26-48-24-10-12-32-54(48)56)61(65,51-29-15-21-45(5)39-51)52-30-16-22-46(6)40-52/h9-34,37-40,57-58,62-65H,7-8,35-36,41-42H2,1-6H3/t57-,58-/m0/s1. The first-order valence-electron chi connectivity index (χ1n) is 23.6. The topological polar surface area (TPSA) is 64.5 Å². The van der Waals surface area contributed by atoms with Gasteiger partial charge in [0.2, 0.25) is 0 Å². The summed E-state index contributed by atoms with van der Waals surface area (Å²) in [7, 11) is 0. The van der Waals surface area contributed by atoms with E-state index in [1.54, 1.807) is 0 Å². The molecule has 0 fully saturated rings.